The SMILES string of the molecule is C[Si](C)(C)c1cc(C23CC(C4CCCCC4)(C2)C3)cc(C23CC(C4CCCCC4)(C2)C3)c1. The third kappa shape index (κ3) is 2.73. The van der Waals surface area contributed by atoms with Gasteiger partial charge < -0.3 is 0 Å². The minimum atomic E-state index is -1.30. The van der Waals surface area contributed by atoms with Gasteiger partial charge in [0, 0.05) is 0 Å². The molecule has 1 aromatic carbocycles. The van der Waals surface area contributed by atoms with Crippen molar-refractivity contribution in [1.82, 2.24) is 0 Å². The van der Waals surface area contributed by atoms with Crippen molar-refractivity contribution >= 4 is 13.3 Å². The van der Waals surface area contributed by atoms with Gasteiger partial charge in [-0.25, -0.2) is 0 Å². The average Bonchev–Trinajstić information content (AvgIpc) is 2.65. The summed E-state index contributed by atoms with van der Waals surface area (Å²) in [6, 6.07) is 8.22. The second kappa shape index (κ2) is 6.55. The summed E-state index contributed by atoms with van der Waals surface area (Å²) in [5.74, 6) is 2.15. The number of benzene rings is 1. The van der Waals surface area contributed by atoms with Crippen LogP contribution in [-0.2, 0) is 10.8 Å². The second-order valence-electron chi connectivity index (χ2n) is 15.1. The van der Waals surface area contributed by atoms with Crippen LogP contribution in [0.3, 0.4) is 0 Å². The fourth-order valence-electron chi connectivity index (χ4n) is 10.3. The molecule has 0 N–H and O–H groups in total. The molecule has 0 nitrogen and oxygen atoms in total. The van der Waals surface area contributed by atoms with Gasteiger partial charge in [-0.1, -0.05) is 81.6 Å². The summed E-state index contributed by atoms with van der Waals surface area (Å²) < 4.78 is 0. The largest absolute Gasteiger partial charge is 0.0776 e. The van der Waals surface area contributed by atoms with Crippen LogP contribution >= 0.6 is 0 Å². The van der Waals surface area contributed by atoms with Crippen LogP contribution in [0, 0.1) is 22.7 Å². The van der Waals surface area contributed by atoms with E-state index in [1.54, 1.807) is 42.0 Å². The molecule has 0 heterocycles. The van der Waals surface area contributed by atoms with Crippen molar-refractivity contribution in [2.24, 2.45) is 22.7 Å². The van der Waals surface area contributed by atoms with Crippen LogP contribution in [0.4, 0.5) is 0 Å². The molecule has 0 saturated heterocycles. The van der Waals surface area contributed by atoms with Crippen molar-refractivity contribution < 1.29 is 0 Å². The van der Waals surface area contributed by atoms with Crippen LogP contribution in [0.15, 0.2) is 18.2 Å². The van der Waals surface area contributed by atoms with Crippen molar-refractivity contribution in [3.63, 3.8) is 0 Å². The van der Waals surface area contributed by atoms with Crippen molar-refractivity contribution in [1.29, 1.82) is 0 Å². The zero-order chi connectivity index (χ0) is 21.8. The van der Waals surface area contributed by atoms with Gasteiger partial charge in [-0.2, -0.15) is 0 Å². The molecule has 8 aliphatic rings. The quantitative estimate of drug-likeness (QED) is 0.399. The van der Waals surface area contributed by atoms with E-state index in [-0.39, 0.29) is 0 Å². The molecule has 174 valence electrons. The molecule has 8 fully saturated rings. The van der Waals surface area contributed by atoms with Crippen LogP contribution < -0.4 is 5.19 Å². The van der Waals surface area contributed by atoms with Crippen molar-refractivity contribution in [3.8, 4) is 0 Å². The first-order valence-electron chi connectivity index (χ1n) is 14.4. The van der Waals surface area contributed by atoms with Crippen LogP contribution in [0.1, 0.15) is 114 Å². The Labute approximate surface area is 198 Å². The normalized spacial score (nSPS) is 43.6. The summed E-state index contributed by atoms with van der Waals surface area (Å²) in [7, 11) is -1.30. The highest BCUT2D eigenvalue weighted by atomic mass is 28.3. The molecule has 0 amide bonds. The Morgan fingerprint density at radius 1 is 0.562 bits per heavy atom. The number of rotatable bonds is 5. The van der Waals surface area contributed by atoms with E-state index < -0.39 is 8.07 Å². The molecule has 0 atom stereocenters. The fourth-order valence-corrected chi connectivity index (χ4v) is 11.5. The summed E-state index contributed by atoms with van der Waals surface area (Å²) >= 11 is 0. The monoisotopic (exact) mass is 446 g/mol. The molecule has 1 aromatic rings. The lowest BCUT2D eigenvalue weighted by molar-refractivity contribution is -0.191. The van der Waals surface area contributed by atoms with Crippen LogP contribution in [0.5, 0.6) is 0 Å². The molecule has 0 spiro atoms. The van der Waals surface area contributed by atoms with Gasteiger partial charge >= 0.3 is 0 Å². The van der Waals surface area contributed by atoms with Gasteiger partial charge in [-0.05, 0) is 109 Å². The highest BCUT2D eigenvalue weighted by Crippen LogP contribution is 2.79. The van der Waals surface area contributed by atoms with Gasteiger partial charge in [0.05, 0.1) is 8.07 Å². The van der Waals surface area contributed by atoms with Gasteiger partial charge in [-0.15, -0.1) is 0 Å². The molecule has 4 bridgehead atoms. The van der Waals surface area contributed by atoms with Gasteiger partial charge in [-0.3, -0.25) is 0 Å². The van der Waals surface area contributed by atoms with Crippen molar-refractivity contribution in [2.75, 3.05) is 0 Å². The predicted molar refractivity (Wildman–Crippen MR) is 138 cm³/mol. The lowest BCUT2D eigenvalue weighted by Gasteiger charge is -2.76. The third-order valence-electron chi connectivity index (χ3n) is 12.1. The minimum absolute atomic E-state index is 0.590. The predicted octanol–water partition coefficient (Wildman–Crippen LogP) is 8.24. The summed E-state index contributed by atoms with van der Waals surface area (Å²) in [5.41, 5.74) is 6.32. The average molecular weight is 447 g/mol. The maximum atomic E-state index is 2.78. The molecular formula is C31H46Si. The van der Waals surface area contributed by atoms with E-state index in [0.717, 1.165) is 22.7 Å². The maximum Gasteiger partial charge on any atom is 0.0776 e. The fraction of sp³-hybridized carbons (Fsp3) is 0.806. The lowest BCUT2D eigenvalue weighted by Crippen LogP contribution is -2.69. The van der Waals surface area contributed by atoms with Gasteiger partial charge in [0.1, 0.15) is 0 Å². The summed E-state index contributed by atoms with van der Waals surface area (Å²) in [6.07, 6.45) is 24.5. The van der Waals surface area contributed by atoms with Gasteiger partial charge in [0.15, 0.2) is 0 Å². The Balaban J connectivity index is 1.14. The molecule has 8 aliphatic carbocycles. The minimum Gasteiger partial charge on any atom is -0.0656 e. The zero-order valence-electron chi connectivity index (χ0n) is 21.2. The van der Waals surface area contributed by atoms with E-state index in [9.17, 15) is 0 Å². The summed E-state index contributed by atoms with van der Waals surface area (Å²) in [6.45, 7) is 7.73. The highest BCUT2D eigenvalue weighted by molar-refractivity contribution is 6.88. The molecule has 32 heavy (non-hydrogen) atoms. The first-order valence-corrected chi connectivity index (χ1v) is 17.9. The van der Waals surface area contributed by atoms with Gasteiger partial charge in [0.2, 0.25) is 0 Å². The van der Waals surface area contributed by atoms with E-state index >= 15 is 0 Å². The van der Waals surface area contributed by atoms with E-state index in [4.69, 9.17) is 0 Å². The Morgan fingerprint density at radius 2 is 0.938 bits per heavy atom. The Hall–Kier alpha value is -0.563. The van der Waals surface area contributed by atoms with Gasteiger partial charge in [0.25, 0.3) is 0 Å². The van der Waals surface area contributed by atoms with E-state index in [1.165, 1.54) is 77.0 Å². The number of hydrogen-bond acceptors (Lipinski definition) is 0. The van der Waals surface area contributed by atoms with Crippen LogP contribution in [0.25, 0.3) is 0 Å². The van der Waals surface area contributed by atoms with Crippen molar-refractivity contribution in [3.05, 3.63) is 29.3 Å². The first-order chi connectivity index (χ1) is 15.3. The Bertz CT molecular complexity index is 814. The third-order valence-corrected chi connectivity index (χ3v) is 14.1. The maximum absolute atomic E-state index is 2.78. The molecule has 0 unspecified atom stereocenters. The Kier molecular flexibility index (Phi) is 4.26. The highest BCUT2D eigenvalue weighted by Gasteiger charge is 2.72. The molecule has 0 radical (unpaired) electrons. The van der Waals surface area contributed by atoms with E-state index in [0.29, 0.717) is 10.8 Å². The van der Waals surface area contributed by atoms with E-state index in [2.05, 4.69) is 37.8 Å². The van der Waals surface area contributed by atoms with Crippen LogP contribution in [0.2, 0.25) is 19.6 Å². The van der Waals surface area contributed by atoms with Crippen LogP contribution in [-0.4, -0.2) is 8.07 Å². The topological polar surface area (TPSA) is 0 Å². The summed E-state index contributed by atoms with van der Waals surface area (Å²) in [5, 5.41) is 1.76. The molecule has 0 aromatic heterocycles. The summed E-state index contributed by atoms with van der Waals surface area (Å²) in [4.78, 5) is 0. The second-order valence-corrected chi connectivity index (χ2v) is 20.1. The lowest BCUT2D eigenvalue weighted by atomic mass is 9.28. The molecule has 9 rings (SSSR count). The molecule has 0 aliphatic heterocycles. The number of hydrogen-bond donors (Lipinski definition) is 0. The zero-order valence-corrected chi connectivity index (χ0v) is 22.2. The van der Waals surface area contributed by atoms with Crippen molar-refractivity contribution in [2.45, 2.75) is 133 Å². The first kappa shape index (κ1) is 20.8. The molecule has 8 saturated carbocycles. The standard InChI is InChI=1S/C31H46Si/c1-32(2,3)27-15-25(30-17-28(18-30,19-30)23-10-6-4-7-11-23)14-26(16-27)31-20-29(21-31,22-31)24-12-8-5-9-13-24/h14-16,23-24H,4-13,17-22H2,1-3H3. The molecular weight excluding hydrogens is 400 g/mol. The Morgan fingerprint density at radius 3 is 1.28 bits per heavy atom. The smallest absolute Gasteiger partial charge is 0.0656 e. The van der Waals surface area contributed by atoms with E-state index in [1.807, 2.05) is 0 Å². The molecule has 1 heteroatoms.